The molecule has 0 aliphatic heterocycles. The Morgan fingerprint density at radius 1 is 1.17 bits per heavy atom. The number of hydroxylamine groups is 1. The van der Waals surface area contributed by atoms with Crippen LogP contribution in [0.4, 0.5) is 0 Å². The first-order valence-electron chi connectivity index (χ1n) is 5.99. The van der Waals surface area contributed by atoms with Gasteiger partial charge in [-0.25, -0.2) is 14.3 Å². The molecule has 0 bridgehead atoms. The molecule has 0 saturated carbocycles. The van der Waals surface area contributed by atoms with Crippen molar-refractivity contribution in [2.24, 2.45) is 11.5 Å². The topological polar surface area (TPSA) is 112 Å². The van der Waals surface area contributed by atoms with E-state index < -0.39 is 7.75 Å². The van der Waals surface area contributed by atoms with Crippen molar-refractivity contribution in [1.82, 2.24) is 10.6 Å². The molecule has 7 nitrogen and oxygen atoms in total. The van der Waals surface area contributed by atoms with Gasteiger partial charge in [0.05, 0.1) is 6.61 Å². The van der Waals surface area contributed by atoms with Gasteiger partial charge in [-0.2, -0.15) is 5.48 Å². The number of nitrogens with two attached hydrogens (primary N) is 2. The van der Waals surface area contributed by atoms with Crippen LogP contribution in [-0.2, 0) is 13.7 Å². The number of nitrogens with one attached hydrogen (secondary N) is 2. The second-order valence-electron chi connectivity index (χ2n) is 3.51. The molecule has 0 aromatic carbocycles. The minimum absolute atomic E-state index is 0. The van der Waals surface area contributed by atoms with Gasteiger partial charge in [0.25, 0.3) is 0 Å². The van der Waals surface area contributed by atoms with E-state index >= 15 is 0 Å². The van der Waals surface area contributed by atoms with Crippen LogP contribution in [0.2, 0.25) is 0 Å². The van der Waals surface area contributed by atoms with Crippen LogP contribution in [0.1, 0.15) is 26.2 Å². The summed E-state index contributed by atoms with van der Waals surface area (Å²) in [5, 5.41) is 2.66. The van der Waals surface area contributed by atoms with E-state index in [1.807, 2.05) is 0 Å². The molecule has 106 valence electrons. The molecule has 0 radical (unpaired) electrons. The van der Waals surface area contributed by atoms with Gasteiger partial charge in [0.1, 0.15) is 0 Å². The Morgan fingerprint density at radius 2 is 1.83 bits per heavy atom. The van der Waals surface area contributed by atoms with Crippen molar-refractivity contribution in [2.75, 3.05) is 32.8 Å². The van der Waals surface area contributed by atoms with Crippen molar-refractivity contribution in [3.63, 3.8) is 0 Å². The average Bonchev–Trinajstić information content (AvgIpc) is 2.33. The Bertz CT molecular complexity index is 224. The van der Waals surface area contributed by atoms with Gasteiger partial charge in [0.2, 0.25) is 0 Å². The molecule has 9 heteroatoms. The Morgan fingerprint density at radius 3 is 2.39 bits per heavy atom. The first-order valence-corrected chi connectivity index (χ1v) is 7.54. The number of rotatable bonds is 12. The van der Waals surface area contributed by atoms with Gasteiger partial charge in [0, 0.05) is 26.2 Å². The van der Waals surface area contributed by atoms with E-state index in [2.05, 4.69) is 17.5 Å². The molecule has 0 rings (SSSR count). The van der Waals surface area contributed by atoms with E-state index in [9.17, 15) is 4.57 Å². The Kier molecular flexibility index (Phi) is 17.0. The molecule has 6 N–H and O–H groups in total. The Balaban J connectivity index is 0. The molecular formula is C9H26N4NaO3P. The van der Waals surface area contributed by atoms with Crippen LogP contribution >= 0.6 is 7.75 Å². The maximum atomic E-state index is 12.1. The fourth-order valence-electron chi connectivity index (χ4n) is 1.03. The van der Waals surface area contributed by atoms with Crippen LogP contribution < -0.4 is 22.0 Å². The summed E-state index contributed by atoms with van der Waals surface area (Å²) < 4.78 is 22.3. The van der Waals surface area contributed by atoms with Crippen molar-refractivity contribution < 1.29 is 13.7 Å². The second-order valence-corrected chi connectivity index (χ2v) is 5.26. The van der Waals surface area contributed by atoms with Gasteiger partial charge < -0.3 is 11.5 Å². The van der Waals surface area contributed by atoms with E-state index in [-0.39, 0.29) is 29.6 Å². The van der Waals surface area contributed by atoms with Crippen LogP contribution in [0, 0.1) is 0 Å². The molecule has 0 aromatic heterocycles. The number of hydrogen-bond donors (Lipinski definition) is 4. The predicted molar refractivity (Wildman–Crippen MR) is 75.4 cm³/mol. The van der Waals surface area contributed by atoms with E-state index in [0.717, 1.165) is 19.3 Å². The average molecular weight is 292 g/mol. The fraction of sp³-hybridized carbons (Fsp3) is 1.00. The maximum absolute atomic E-state index is 12.1. The van der Waals surface area contributed by atoms with E-state index in [0.29, 0.717) is 32.8 Å². The molecule has 0 aromatic rings. The fourth-order valence-corrected chi connectivity index (χ4v) is 2.27. The summed E-state index contributed by atoms with van der Waals surface area (Å²) in [6.45, 7) is 4.02. The van der Waals surface area contributed by atoms with Gasteiger partial charge in [-0.1, -0.05) is 19.8 Å². The van der Waals surface area contributed by atoms with Crippen molar-refractivity contribution >= 4 is 37.3 Å². The van der Waals surface area contributed by atoms with Crippen LogP contribution in [-0.4, -0.2) is 62.3 Å². The Labute approximate surface area is 132 Å². The SMILES string of the molecule is CCCCCOP(=O)(NCCN)ONCCN.[NaH]. The van der Waals surface area contributed by atoms with Crippen molar-refractivity contribution in [3.8, 4) is 0 Å². The third kappa shape index (κ3) is 12.0. The first kappa shape index (κ1) is 21.3. The summed E-state index contributed by atoms with van der Waals surface area (Å²) in [7, 11) is -3.30. The van der Waals surface area contributed by atoms with Gasteiger partial charge in [-0.3, -0.25) is 4.52 Å². The molecule has 0 amide bonds. The monoisotopic (exact) mass is 292 g/mol. The second kappa shape index (κ2) is 14.4. The molecule has 0 aliphatic carbocycles. The van der Waals surface area contributed by atoms with E-state index in [4.69, 9.17) is 20.6 Å². The zero-order valence-corrected chi connectivity index (χ0v) is 11.4. The summed E-state index contributed by atoms with van der Waals surface area (Å²) in [6.07, 6.45) is 2.97. The summed E-state index contributed by atoms with van der Waals surface area (Å²) in [5.41, 5.74) is 13.1. The first-order chi connectivity index (χ1) is 8.18. The molecule has 0 spiro atoms. The summed E-state index contributed by atoms with van der Waals surface area (Å²) in [5.74, 6) is 0. The molecule has 1 atom stereocenters. The standard InChI is InChI=1S/C9H25N4O3P.Na.H/c1-2-3-4-9-15-17(14,13-8-6-11)16-12-7-5-10;;/h12H,2-11H2,1H3,(H,13,14);;. The summed E-state index contributed by atoms with van der Waals surface area (Å²) in [6, 6.07) is 0. The molecule has 0 heterocycles. The van der Waals surface area contributed by atoms with Crippen LogP contribution in [0.5, 0.6) is 0 Å². The molecule has 0 aliphatic rings. The summed E-state index contributed by atoms with van der Waals surface area (Å²) in [4.78, 5) is 0. The molecular weight excluding hydrogens is 266 g/mol. The summed E-state index contributed by atoms with van der Waals surface area (Å²) >= 11 is 0. The van der Waals surface area contributed by atoms with Gasteiger partial charge in [-0.15, -0.1) is 0 Å². The van der Waals surface area contributed by atoms with Gasteiger partial charge >= 0.3 is 37.3 Å². The third-order valence-electron chi connectivity index (χ3n) is 1.89. The van der Waals surface area contributed by atoms with Crippen molar-refractivity contribution in [1.29, 1.82) is 0 Å². The van der Waals surface area contributed by atoms with E-state index in [1.165, 1.54) is 0 Å². The van der Waals surface area contributed by atoms with Gasteiger partial charge in [-0.05, 0) is 6.42 Å². The van der Waals surface area contributed by atoms with Crippen LogP contribution in [0.3, 0.4) is 0 Å². The van der Waals surface area contributed by atoms with Gasteiger partial charge in [0.15, 0.2) is 0 Å². The third-order valence-corrected chi connectivity index (χ3v) is 3.39. The quantitative estimate of drug-likeness (QED) is 0.169. The minimum atomic E-state index is -3.30. The van der Waals surface area contributed by atoms with Crippen LogP contribution in [0.15, 0.2) is 0 Å². The number of unbranched alkanes of at least 4 members (excludes halogenated alkanes) is 2. The normalized spacial score (nSPS) is 13.9. The molecule has 1 unspecified atom stereocenters. The Hall–Kier alpha value is 0.990. The zero-order valence-electron chi connectivity index (χ0n) is 10.5. The number of hydrogen-bond acceptors (Lipinski definition) is 6. The molecule has 0 fully saturated rings. The van der Waals surface area contributed by atoms with E-state index in [1.54, 1.807) is 0 Å². The molecule has 18 heavy (non-hydrogen) atoms. The predicted octanol–water partition coefficient (Wildman–Crippen LogP) is -0.319. The molecule has 0 saturated heterocycles. The zero-order chi connectivity index (χ0) is 13.0. The van der Waals surface area contributed by atoms with Crippen molar-refractivity contribution in [2.45, 2.75) is 26.2 Å². The van der Waals surface area contributed by atoms with Crippen LogP contribution in [0.25, 0.3) is 0 Å². The van der Waals surface area contributed by atoms with Crippen molar-refractivity contribution in [3.05, 3.63) is 0 Å².